The molecular formula is C23H30N5O2+. The maximum atomic E-state index is 13.0. The van der Waals surface area contributed by atoms with E-state index in [9.17, 15) is 9.59 Å². The average molecular weight is 409 g/mol. The Morgan fingerprint density at radius 2 is 1.80 bits per heavy atom. The minimum Gasteiger partial charge on any atom is -0.345 e. The van der Waals surface area contributed by atoms with E-state index in [1.165, 1.54) is 11.1 Å². The highest BCUT2D eigenvalue weighted by atomic mass is 16.2. The van der Waals surface area contributed by atoms with Crippen LogP contribution in [0.4, 0.5) is 16.3 Å². The molecule has 1 aromatic heterocycles. The predicted octanol–water partition coefficient (Wildman–Crippen LogP) is 1.37. The molecule has 0 bridgehead atoms. The summed E-state index contributed by atoms with van der Waals surface area (Å²) in [6, 6.07) is 9.66. The monoisotopic (exact) mass is 408 g/mol. The van der Waals surface area contributed by atoms with Gasteiger partial charge in [-0.25, -0.2) is 14.6 Å². The second kappa shape index (κ2) is 8.44. The van der Waals surface area contributed by atoms with Gasteiger partial charge in [0, 0.05) is 32.0 Å². The lowest BCUT2D eigenvalue weighted by atomic mass is 10.1. The van der Waals surface area contributed by atoms with Crippen LogP contribution in [0.1, 0.15) is 28.4 Å². The van der Waals surface area contributed by atoms with Crippen LogP contribution in [-0.2, 0) is 6.42 Å². The summed E-state index contributed by atoms with van der Waals surface area (Å²) in [4.78, 5) is 36.5. The minimum absolute atomic E-state index is 0.00620. The zero-order chi connectivity index (χ0) is 21.3. The highest BCUT2D eigenvalue weighted by Gasteiger charge is 2.30. The number of nitrogens with one attached hydrogen (secondary N) is 1. The van der Waals surface area contributed by atoms with Crippen LogP contribution < -0.4 is 14.7 Å². The maximum Gasteiger partial charge on any atom is 0.344 e. The van der Waals surface area contributed by atoms with Crippen LogP contribution in [0, 0.1) is 6.92 Å². The van der Waals surface area contributed by atoms with Crippen LogP contribution in [-0.4, -0.2) is 68.1 Å². The van der Waals surface area contributed by atoms with Gasteiger partial charge in [-0.1, -0.05) is 13.0 Å². The van der Waals surface area contributed by atoms with Crippen molar-refractivity contribution in [2.45, 2.75) is 20.3 Å². The van der Waals surface area contributed by atoms with Gasteiger partial charge in [-0.05, 0) is 48.7 Å². The Bertz CT molecular complexity index is 935. The second-order valence-corrected chi connectivity index (χ2v) is 8.16. The summed E-state index contributed by atoms with van der Waals surface area (Å²) in [5.74, 6) is 1.15. The van der Waals surface area contributed by atoms with E-state index in [1.807, 2.05) is 30.5 Å². The van der Waals surface area contributed by atoms with E-state index in [0.29, 0.717) is 12.1 Å². The molecule has 0 aliphatic carbocycles. The van der Waals surface area contributed by atoms with E-state index < -0.39 is 0 Å². The van der Waals surface area contributed by atoms with Crippen LogP contribution in [0.25, 0.3) is 0 Å². The number of benzene rings is 1. The number of likely N-dealkylation sites (N-methyl/N-ethyl adjacent to an activating group) is 1. The summed E-state index contributed by atoms with van der Waals surface area (Å²) >= 11 is 0. The van der Waals surface area contributed by atoms with Gasteiger partial charge in [0.1, 0.15) is 18.9 Å². The lowest BCUT2D eigenvalue weighted by Gasteiger charge is -2.32. The van der Waals surface area contributed by atoms with Crippen molar-refractivity contribution in [3.05, 3.63) is 53.2 Å². The van der Waals surface area contributed by atoms with Crippen LogP contribution in [0.5, 0.6) is 0 Å². The number of hydrogen-bond acceptors (Lipinski definition) is 4. The Morgan fingerprint density at radius 3 is 2.37 bits per heavy atom. The van der Waals surface area contributed by atoms with Gasteiger partial charge in [-0.15, -0.1) is 0 Å². The molecule has 3 amide bonds. The summed E-state index contributed by atoms with van der Waals surface area (Å²) in [6.45, 7) is 8.79. The van der Waals surface area contributed by atoms with Crippen molar-refractivity contribution < 1.29 is 14.5 Å². The number of anilines is 2. The Kier molecular flexibility index (Phi) is 5.72. The number of pyridine rings is 1. The van der Waals surface area contributed by atoms with E-state index in [2.05, 4.69) is 29.8 Å². The van der Waals surface area contributed by atoms with E-state index in [0.717, 1.165) is 55.5 Å². The summed E-state index contributed by atoms with van der Waals surface area (Å²) in [7, 11) is 1.80. The van der Waals surface area contributed by atoms with Gasteiger partial charge in [-0.3, -0.25) is 9.80 Å². The van der Waals surface area contributed by atoms with Gasteiger partial charge in [0.25, 0.3) is 0 Å². The van der Waals surface area contributed by atoms with Crippen molar-refractivity contribution in [3.8, 4) is 0 Å². The van der Waals surface area contributed by atoms with Crippen molar-refractivity contribution >= 4 is 23.4 Å². The Hall–Kier alpha value is -2.93. The number of quaternary nitrogens is 1. The smallest absolute Gasteiger partial charge is 0.344 e. The fraction of sp³-hybridized carbons (Fsp3) is 0.435. The summed E-state index contributed by atoms with van der Waals surface area (Å²) in [5.41, 5.74) is 3.99. The molecule has 30 heavy (non-hydrogen) atoms. The normalized spacial score (nSPS) is 17.7. The summed E-state index contributed by atoms with van der Waals surface area (Å²) in [6.07, 6.45) is 2.94. The number of carbonyl (C=O) groups excluding carboxylic acids is 2. The zero-order valence-electron chi connectivity index (χ0n) is 18.0. The zero-order valence-corrected chi connectivity index (χ0v) is 18.0. The molecule has 0 spiro atoms. The van der Waals surface area contributed by atoms with Crippen LogP contribution >= 0.6 is 0 Å². The Balaban J connectivity index is 1.38. The van der Waals surface area contributed by atoms with Crippen molar-refractivity contribution in [1.29, 1.82) is 0 Å². The molecule has 7 heteroatoms. The number of aryl methyl sites for hydroxylation is 2. The van der Waals surface area contributed by atoms with E-state index >= 15 is 0 Å². The van der Waals surface area contributed by atoms with Crippen molar-refractivity contribution in [2.24, 2.45) is 0 Å². The number of urea groups is 1. The Morgan fingerprint density at radius 1 is 1.10 bits per heavy atom. The third-order valence-corrected chi connectivity index (χ3v) is 6.16. The van der Waals surface area contributed by atoms with Gasteiger partial charge < -0.3 is 9.80 Å². The molecule has 1 N–H and O–H groups in total. The number of nitrogens with zero attached hydrogens (tertiary/aromatic N) is 4. The molecule has 2 aromatic rings. The van der Waals surface area contributed by atoms with E-state index in [1.54, 1.807) is 16.8 Å². The Labute approximate surface area is 177 Å². The molecule has 0 unspecified atom stereocenters. The van der Waals surface area contributed by atoms with Gasteiger partial charge in [0.15, 0.2) is 0 Å². The summed E-state index contributed by atoms with van der Waals surface area (Å²) in [5, 5.41) is 0. The first-order chi connectivity index (χ1) is 14.5. The first kappa shape index (κ1) is 20.3. The molecular weight excluding hydrogens is 378 g/mol. The molecule has 2 fully saturated rings. The number of hydrogen-bond donors (Lipinski definition) is 1. The molecule has 0 saturated carbocycles. The quantitative estimate of drug-likeness (QED) is 0.830. The molecule has 2 aliphatic heterocycles. The van der Waals surface area contributed by atoms with E-state index in [-0.39, 0.29) is 11.9 Å². The van der Waals surface area contributed by atoms with Gasteiger partial charge in [0.05, 0.1) is 18.7 Å². The number of carbonyl (C=O) groups is 2. The second-order valence-electron chi connectivity index (χ2n) is 8.16. The molecule has 0 atom stereocenters. The third-order valence-electron chi connectivity index (χ3n) is 6.16. The molecule has 158 valence electrons. The molecule has 7 nitrogen and oxygen atoms in total. The van der Waals surface area contributed by atoms with Crippen LogP contribution in [0.3, 0.4) is 0 Å². The number of amides is 3. The molecule has 1 aromatic carbocycles. The SMILES string of the molecule is CCc1cnc(N2CC[NH+](C(=O)c3ccc(N4CCN(C)C4=O)cc3)CC2)c(C)c1. The first-order valence-corrected chi connectivity index (χ1v) is 10.7. The summed E-state index contributed by atoms with van der Waals surface area (Å²) < 4.78 is 0. The highest BCUT2D eigenvalue weighted by Crippen LogP contribution is 2.20. The standard InChI is InChI=1S/C23H29N5O2/c1-4-18-15-17(2)21(24-16-18)26-10-12-27(13-11-26)22(29)19-5-7-20(8-6-19)28-14-9-25(3)23(28)30/h5-8,15-16H,4,9-14H2,1-3H3/p+1. The van der Waals surface area contributed by atoms with Crippen LogP contribution in [0.15, 0.2) is 36.5 Å². The third kappa shape index (κ3) is 3.89. The lowest BCUT2D eigenvalue weighted by molar-refractivity contribution is -0.814. The van der Waals surface area contributed by atoms with Crippen molar-refractivity contribution in [1.82, 2.24) is 9.88 Å². The van der Waals surface area contributed by atoms with Gasteiger partial charge >= 0.3 is 11.9 Å². The van der Waals surface area contributed by atoms with Crippen molar-refractivity contribution in [2.75, 3.05) is 56.1 Å². The average Bonchev–Trinajstić information content (AvgIpc) is 3.11. The topological polar surface area (TPSA) is 61.2 Å². The van der Waals surface area contributed by atoms with Gasteiger partial charge in [-0.2, -0.15) is 0 Å². The minimum atomic E-state index is 0.00620. The largest absolute Gasteiger partial charge is 0.345 e. The molecule has 0 radical (unpaired) electrons. The number of aromatic nitrogens is 1. The number of piperazine rings is 1. The van der Waals surface area contributed by atoms with Gasteiger partial charge in [0.2, 0.25) is 0 Å². The lowest BCUT2D eigenvalue weighted by Crippen LogP contribution is -3.17. The fourth-order valence-electron chi connectivity index (χ4n) is 4.25. The van der Waals surface area contributed by atoms with Crippen LogP contribution in [0.2, 0.25) is 0 Å². The van der Waals surface area contributed by atoms with E-state index in [4.69, 9.17) is 0 Å². The molecule has 2 saturated heterocycles. The van der Waals surface area contributed by atoms with Crippen molar-refractivity contribution in [3.63, 3.8) is 0 Å². The fourth-order valence-corrected chi connectivity index (χ4v) is 4.25. The highest BCUT2D eigenvalue weighted by molar-refractivity contribution is 5.95. The maximum absolute atomic E-state index is 13.0. The molecule has 4 rings (SSSR count). The first-order valence-electron chi connectivity index (χ1n) is 10.7. The predicted molar refractivity (Wildman–Crippen MR) is 117 cm³/mol. The molecule has 3 heterocycles. The molecule has 2 aliphatic rings. The number of rotatable bonds is 4.